The van der Waals surface area contributed by atoms with Crippen LogP contribution in [0.3, 0.4) is 0 Å². The molecule has 2 rings (SSSR count). The Kier molecular flexibility index (Phi) is 4.51. The third kappa shape index (κ3) is 3.23. The van der Waals surface area contributed by atoms with E-state index < -0.39 is 5.91 Å². The summed E-state index contributed by atoms with van der Waals surface area (Å²) in [6, 6.07) is -0.152. The molecule has 1 aromatic heterocycles. The van der Waals surface area contributed by atoms with Gasteiger partial charge in [0.05, 0.1) is 6.54 Å². The molecular formula is C11H18N6O3. The van der Waals surface area contributed by atoms with Crippen LogP contribution in [0.2, 0.25) is 0 Å². The number of piperidine rings is 1. The lowest BCUT2D eigenvalue weighted by molar-refractivity contribution is 0.0958. The van der Waals surface area contributed by atoms with E-state index in [2.05, 4.69) is 20.0 Å². The minimum absolute atomic E-state index is 0.0650. The first kappa shape index (κ1) is 14.3. The molecule has 1 aromatic rings. The molecule has 1 fully saturated rings. The lowest BCUT2D eigenvalue weighted by Gasteiger charge is -2.34. The molecule has 110 valence electrons. The van der Waals surface area contributed by atoms with Crippen LogP contribution in [0.4, 0.5) is 4.79 Å². The van der Waals surface area contributed by atoms with E-state index in [0.717, 1.165) is 19.3 Å². The van der Waals surface area contributed by atoms with Gasteiger partial charge in [-0.25, -0.2) is 4.79 Å². The summed E-state index contributed by atoms with van der Waals surface area (Å²) in [7, 11) is 0. The minimum Gasteiger partial charge on any atom is -0.361 e. The van der Waals surface area contributed by atoms with Crippen LogP contribution in [0.1, 0.15) is 35.8 Å². The van der Waals surface area contributed by atoms with Crippen molar-refractivity contribution in [2.24, 2.45) is 11.5 Å². The van der Waals surface area contributed by atoms with Crippen molar-refractivity contribution in [3.63, 3.8) is 0 Å². The number of nitrogens with zero attached hydrogens (tertiary/aromatic N) is 3. The fraction of sp³-hybridized carbons (Fsp3) is 0.636. The second kappa shape index (κ2) is 6.33. The topological polar surface area (TPSA) is 140 Å². The molecule has 1 aliphatic rings. The van der Waals surface area contributed by atoms with Gasteiger partial charge in [0.25, 0.3) is 0 Å². The number of nitrogens with one attached hydrogen (secondary N) is 1. The molecule has 20 heavy (non-hydrogen) atoms. The molecule has 0 aromatic carbocycles. The Morgan fingerprint density at radius 1 is 1.45 bits per heavy atom. The third-order valence-electron chi connectivity index (χ3n) is 3.24. The standard InChI is InChI=1S/C11H18N6O3/c12-5-7-3-1-2-4-17(7)11(19)14-6-8-15-10(9(13)18)20-16-8/h7H,1-6,12H2,(H2,13,18)(H,14,19). The van der Waals surface area contributed by atoms with Gasteiger partial charge in [0.2, 0.25) is 0 Å². The van der Waals surface area contributed by atoms with Gasteiger partial charge in [-0.2, -0.15) is 4.98 Å². The number of carbonyl (C=O) groups excluding carboxylic acids is 2. The van der Waals surface area contributed by atoms with Gasteiger partial charge in [-0.15, -0.1) is 0 Å². The predicted molar refractivity (Wildman–Crippen MR) is 68.5 cm³/mol. The van der Waals surface area contributed by atoms with E-state index in [4.69, 9.17) is 11.5 Å². The van der Waals surface area contributed by atoms with Gasteiger partial charge in [-0.05, 0) is 19.3 Å². The van der Waals surface area contributed by atoms with E-state index in [-0.39, 0.29) is 30.3 Å². The van der Waals surface area contributed by atoms with E-state index in [0.29, 0.717) is 13.1 Å². The summed E-state index contributed by atoms with van der Waals surface area (Å²) in [5.41, 5.74) is 10.7. The van der Waals surface area contributed by atoms with Crippen LogP contribution in [0.5, 0.6) is 0 Å². The Hall–Kier alpha value is -2.16. The molecular weight excluding hydrogens is 264 g/mol. The van der Waals surface area contributed by atoms with Crippen molar-refractivity contribution in [1.29, 1.82) is 0 Å². The van der Waals surface area contributed by atoms with Gasteiger partial charge >= 0.3 is 17.8 Å². The van der Waals surface area contributed by atoms with Crippen LogP contribution < -0.4 is 16.8 Å². The average molecular weight is 282 g/mol. The van der Waals surface area contributed by atoms with E-state index in [1.807, 2.05) is 0 Å². The summed E-state index contributed by atoms with van der Waals surface area (Å²) in [6.07, 6.45) is 2.97. The van der Waals surface area contributed by atoms with Crippen molar-refractivity contribution in [3.05, 3.63) is 11.7 Å². The molecule has 5 N–H and O–H groups in total. The van der Waals surface area contributed by atoms with Gasteiger partial charge in [-0.3, -0.25) is 4.79 Å². The lowest BCUT2D eigenvalue weighted by Crippen LogP contribution is -2.51. The van der Waals surface area contributed by atoms with E-state index >= 15 is 0 Å². The molecule has 9 nitrogen and oxygen atoms in total. The number of carbonyl (C=O) groups is 2. The van der Waals surface area contributed by atoms with Gasteiger partial charge in [0, 0.05) is 19.1 Å². The van der Waals surface area contributed by atoms with Gasteiger partial charge < -0.3 is 26.2 Å². The Labute approximate surface area is 115 Å². The van der Waals surface area contributed by atoms with Crippen molar-refractivity contribution >= 4 is 11.9 Å². The zero-order chi connectivity index (χ0) is 14.5. The normalized spacial score (nSPS) is 18.9. The second-order valence-electron chi connectivity index (χ2n) is 4.62. The molecule has 9 heteroatoms. The lowest BCUT2D eigenvalue weighted by atomic mass is 10.0. The van der Waals surface area contributed by atoms with Crippen molar-refractivity contribution < 1.29 is 14.1 Å². The number of hydrogen-bond donors (Lipinski definition) is 3. The Bertz CT molecular complexity index is 488. The quantitative estimate of drug-likeness (QED) is 0.659. The number of rotatable bonds is 4. The molecule has 1 aliphatic heterocycles. The Balaban J connectivity index is 1.88. The van der Waals surface area contributed by atoms with Crippen molar-refractivity contribution in [1.82, 2.24) is 20.4 Å². The molecule has 1 saturated heterocycles. The average Bonchev–Trinajstić information content (AvgIpc) is 2.94. The maximum absolute atomic E-state index is 12.1. The van der Waals surface area contributed by atoms with Crippen LogP contribution in [0.15, 0.2) is 4.52 Å². The monoisotopic (exact) mass is 282 g/mol. The number of aromatic nitrogens is 2. The summed E-state index contributed by atoms with van der Waals surface area (Å²) in [6.45, 7) is 1.21. The summed E-state index contributed by atoms with van der Waals surface area (Å²) in [5, 5.41) is 6.23. The first-order valence-corrected chi connectivity index (χ1v) is 6.48. The molecule has 1 atom stereocenters. The summed E-state index contributed by atoms with van der Waals surface area (Å²) in [5.74, 6) is -0.866. The maximum Gasteiger partial charge on any atom is 0.318 e. The molecule has 0 radical (unpaired) electrons. The van der Waals surface area contributed by atoms with Gasteiger partial charge in [0.15, 0.2) is 5.82 Å². The molecule has 0 saturated carbocycles. The van der Waals surface area contributed by atoms with Crippen molar-refractivity contribution in [2.45, 2.75) is 31.8 Å². The Morgan fingerprint density at radius 2 is 2.25 bits per heavy atom. The smallest absolute Gasteiger partial charge is 0.318 e. The van der Waals surface area contributed by atoms with Crippen LogP contribution >= 0.6 is 0 Å². The van der Waals surface area contributed by atoms with Gasteiger partial charge in [-0.1, -0.05) is 5.16 Å². The van der Waals surface area contributed by atoms with Crippen molar-refractivity contribution in [2.75, 3.05) is 13.1 Å². The molecule has 2 heterocycles. The number of nitrogens with two attached hydrogens (primary N) is 2. The number of amides is 3. The van der Waals surface area contributed by atoms with E-state index in [1.54, 1.807) is 4.90 Å². The molecule has 1 unspecified atom stereocenters. The largest absolute Gasteiger partial charge is 0.361 e. The molecule has 3 amide bonds. The van der Waals surface area contributed by atoms with E-state index in [9.17, 15) is 9.59 Å². The number of likely N-dealkylation sites (tertiary alicyclic amines) is 1. The second-order valence-corrected chi connectivity index (χ2v) is 4.62. The van der Waals surface area contributed by atoms with Crippen LogP contribution in [-0.4, -0.2) is 46.1 Å². The van der Waals surface area contributed by atoms with E-state index in [1.165, 1.54) is 0 Å². The highest BCUT2D eigenvalue weighted by Crippen LogP contribution is 2.16. The minimum atomic E-state index is -0.797. The summed E-state index contributed by atoms with van der Waals surface area (Å²) < 4.78 is 4.63. The fourth-order valence-electron chi connectivity index (χ4n) is 2.20. The van der Waals surface area contributed by atoms with Crippen LogP contribution in [0.25, 0.3) is 0 Å². The van der Waals surface area contributed by atoms with Crippen LogP contribution in [0, 0.1) is 0 Å². The zero-order valence-corrected chi connectivity index (χ0v) is 11.0. The number of primary amides is 1. The predicted octanol–water partition coefficient (Wildman–Crippen LogP) is -0.809. The van der Waals surface area contributed by atoms with Crippen LogP contribution in [-0.2, 0) is 6.54 Å². The number of hydrogen-bond acceptors (Lipinski definition) is 6. The number of urea groups is 1. The highest BCUT2D eigenvalue weighted by molar-refractivity contribution is 5.87. The first-order valence-electron chi connectivity index (χ1n) is 6.48. The summed E-state index contributed by atoms with van der Waals surface area (Å²) in [4.78, 5) is 28.3. The third-order valence-corrected chi connectivity index (χ3v) is 3.24. The molecule has 0 spiro atoms. The summed E-state index contributed by atoms with van der Waals surface area (Å²) >= 11 is 0. The van der Waals surface area contributed by atoms with Crippen molar-refractivity contribution in [3.8, 4) is 0 Å². The van der Waals surface area contributed by atoms with Gasteiger partial charge in [0.1, 0.15) is 0 Å². The highest BCUT2D eigenvalue weighted by atomic mass is 16.5. The SMILES string of the molecule is NCC1CCCCN1C(=O)NCc1noc(C(N)=O)n1. The Morgan fingerprint density at radius 3 is 2.90 bits per heavy atom. The molecule has 0 bridgehead atoms. The molecule has 0 aliphatic carbocycles. The maximum atomic E-state index is 12.1. The fourth-order valence-corrected chi connectivity index (χ4v) is 2.20. The first-order chi connectivity index (χ1) is 9.61. The highest BCUT2D eigenvalue weighted by Gasteiger charge is 2.25. The zero-order valence-electron chi connectivity index (χ0n) is 11.0.